The van der Waals surface area contributed by atoms with Crippen LogP contribution in [-0.2, 0) is 0 Å². The summed E-state index contributed by atoms with van der Waals surface area (Å²) < 4.78 is 5.49. The van der Waals surface area contributed by atoms with Gasteiger partial charge in [0.05, 0.1) is 5.56 Å². The molecule has 0 fully saturated rings. The van der Waals surface area contributed by atoms with Crippen molar-refractivity contribution in [1.82, 2.24) is 0 Å². The summed E-state index contributed by atoms with van der Waals surface area (Å²) in [6.45, 7) is 0. The van der Waals surface area contributed by atoms with Gasteiger partial charge in [-0.15, -0.1) is 0 Å². The highest BCUT2D eigenvalue weighted by Gasteiger charge is 2.09. The van der Waals surface area contributed by atoms with E-state index in [0.717, 1.165) is 0 Å². The highest BCUT2D eigenvalue weighted by atomic mass is 16.5. The Balaban J connectivity index is 2.42. The van der Waals surface area contributed by atoms with Crippen LogP contribution in [0.4, 0.5) is 0 Å². The van der Waals surface area contributed by atoms with Crippen molar-refractivity contribution >= 4 is 0 Å². The second kappa shape index (κ2) is 4.90. The van der Waals surface area contributed by atoms with E-state index in [0.29, 0.717) is 11.5 Å². The van der Waals surface area contributed by atoms with Gasteiger partial charge in [-0.2, -0.15) is 10.5 Å². The van der Waals surface area contributed by atoms with Gasteiger partial charge in [-0.05, 0) is 24.3 Å². The third kappa shape index (κ3) is 2.23. The van der Waals surface area contributed by atoms with Crippen molar-refractivity contribution < 1.29 is 9.84 Å². The second-order valence-electron chi connectivity index (χ2n) is 3.50. The van der Waals surface area contributed by atoms with Crippen LogP contribution in [0.5, 0.6) is 17.2 Å². The van der Waals surface area contributed by atoms with E-state index in [9.17, 15) is 5.11 Å². The number of hydrogen-bond acceptors (Lipinski definition) is 4. The molecule has 2 rings (SSSR count). The van der Waals surface area contributed by atoms with E-state index in [1.54, 1.807) is 30.3 Å². The van der Waals surface area contributed by atoms with Crippen LogP contribution < -0.4 is 4.74 Å². The van der Waals surface area contributed by atoms with Gasteiger partial charge in [-0.25, -0.2) is 0 Å². The average Bonchev–Trinajstić information content (AvgIpc) is 2.38. The molecule has 0 saturated heterocycles. The fourth-order valence-corrected chi connectivity index (χ4v) is 1.50. The lowest BCUT2D eigenvalue weighted by atomic mass is 10.1. The zero-order valence-electron chi connectivity index (χ0n) is 9.29. The Morgan fingerprint density at radius 3 is 2.44 bits per heavy atom. The van der Waals surface area contributed by atoms with Crippen LogP contribution in [0.2, 0.25) is 0 Å². The van der Waals surface area contributed by atoms with Crippen molar-refractivity contribution in [2.75, 3.05) is 0 Å². The molecule has 18 heavy (non-hydrogen) atoms. The van der Waals surface area contributed by atoms with Crippen LogP contribution in [0, 0.1) is 22.7 Å². The average molecular weight is 236 g/mol. The standard InChI is InChI=1S/C14H8N2O2/c15-8-10-3-1-6-14(13(10)9-16)18-12-5-2-4-11(17)7-12/h1-7,17H. The van der Waals surface area contributed by atoms with Crippen LogP contribution in [0.15, 0.2) is 42.5 Å². The molecule has 0 radical (unpaired) electrons. The first-order chi connectivity index (χ1) is 8.74. The van der Waals surface area contributed by atoms with Crippen molar-refractivity contribution in [3.63, 3.8) is 0 Å². The minimum Gasteiger partial charge on any atom is -0.508 e. The van der Waals surface area contributed by atoms with Crippen molar-refractivity contribution in [3.05, 3.63) is 53.6 Å². The summed E-state index contributed by atoms with van der Waals surface area (Å²) in [5.41, 5.74) is 0.443. The maximum Gasteiger partial charge on any atom is 0.146 e. The Morgan fingerprint density at radius 1 is 1.00 bits per heavy atom. The highest BCUT2D eigenvalue weighted by molar-refractivity contribution is 5.55. The molecule has 2 aromatic carbocycles. The first-order valence-electron chi connectivity index (χ1n) is 5.14. The van der Waals surface area contributed by atoms with E-state index in [1.807, 2.05) is 12.1 Å². The number of rotatable bonds is 2. The number of nitriles is 2. The minimum absolute atomic E-state index is 0.0717. The van der Waals surface area contributed by atoms with E-state index < -0.39 is 0 Å². The summed E-state index contributed by atoms with van der Waals surface area (Å²) in [6, 6.07) is 14.9. The van der Waals surface area contributed by atoms with E-state index >= 15 is 0 Å². The Labute approximate surface area is 104 Å². The summed E-state index contributed by atoms with van der Waals surface area (Å²) in [5.74, 6) is 0.770. The zero-order chi connectivity index (χ0) is 13.0. The summed E-state index contributed by atoms with van der Waals surface area (Å²) in [4.78, 5) is 0. The second-order valence-corrected chi connectivity index (χ2v) is 3.50. The number of nitrogens with zero attached hydrogens (tertiary/aromatic N) is 2. The molecule has 0 atom stereocenters. The quantitative estimate of drug-likeness (QED) is 0.869. The fourth-order valence-electron chi connectivity index (χ4n) is 1.50. The maximum absolute atomic E-state index is 9.32. The van der Waals surface area contributed by atoms with Crippen LogP contribution in [0.25, 0.3) is 0 Å². The van der Waals surface area contributed by atoms with Gasteiger partial charge < -0.3 is 9.84 Å². The minimum atomic E-state index is 0.0717. The molecular formula is C14H8N2O2. The van der Waals surface area contributed by atoms with E-state index in [4.69, 9.17) is 15.3 Å². The molecule has 0 aliphatic rings. The lowest BCUT2D eigenvalue weighted by Gasteiger charge is -2.08. The van der Waals surface area contributed by atoms with Gasteiger partial charge in [0.2, 0.25) is 0 Å². The predicted molar refractivity (Wildman–Crippen MR) is 64.1 cm³/mol. The largest absolute Gasteiger partial charge is 0.508 e. The molecule has 0 spiro atoms. The van der Waals surface area contributed by atoms with Gasteiger partial charge in [0.15, 0.2) is 0 Å². The first kappa shape index (κ1) is 11.5. The van der Waals surface area contributed by atoms with Crippen LogP contribution >= 0.6 is 0 Å². The smallest absolute Gasteiger partial charge is 0.146 e. The Bertz CT molecular complexity index is 666. The molecule has 4 nitrogen and oxygen atoms in total. The van der Waals surface area contributed by atoms with Crippen molar-refractivity contribution in [2.45, 2.75) is 0 Å². The van der Waals surface area contributed by atoms with Gasteiger partial charge in [0.25, 0.3) is 0 Å². The van der Waals surface area contributed by atoms with Crippen LogP contribution in [0.3, 0.4) is 0 Å². The molecular weight excluding hydrogens is 228 g/mol. The monoisotopic (exact) mass is 236 g/mol. The molecule has 0 amide bonds. The number of ether oxygens (including phenoxy) is 1. The maximum atomic E-state index is 9.32. The number of hydrogen-bond donors (Lipinski definition) is 1. The van der Waals surface area contributed by atoms with E-state index in [2.05, 4.69) is 0 Å². The van der Waals surface area contributed by atoms with Crippen molar-refractivity contribution in [1.29, 1.82) is 10.5 Å². The van der Waals surface area contributed by atoms with Gasteiger partial charge in [0, 0.05) is 6.07 Å². The van der Waals surface area contributed by atoms with Crippen LogP contribution in [-0.4, -0.2) is 5.11 Å². The Morgan fingerprint density at radius 2 is 1.78 bits per heavy atom. The third-order valence-electron chi connectivity index (χ3n) is 2.30. The lowest BCUT2D eigenvalue weighted by Crippen LogP contribution is -1.91. The summed E-state index contributed by atoms with van der Waals surface area (Å²) >= 11 is 0. The van der Waals surface area contributed by atoms with Gasteiger partial charge in [0.1, 0.15) is 35.0 Å². The molecule has 0 aliphatic carbocycles. The molecule has 86 valence electrons. The number of aromatic hydroxyl groups is 1. The van der Waals surface area contributed by atoms with Crippen molar-refractivity contribution in [2.24, 2.45) is 0 Å². The molecule has 2 aromatic rings. The topological polar surface area (TPSA) is 77.0 Å². The number of benzene rings is 2. The van der Waals surface area contributed by atoms with Crippen molar-refractivity contribution in [3.8, 4) is 29.4 Å². The SMILES string of the molecule is N#Cc1cccc(Oc2cccc(O)c2)c1C#N. The normalized spacial score (nSPS) is 9.22. The third-order valence-corrected chi connectivity index (χ3v) is 2.30. The Hall–Kier alpha value is -2.98. The van der Waals surface area contributed by atoms with E-state index in [1.165, 1.54) is 12.1 Å². The van der Waals surface area contributed by atoms with Gasteiger partial charge in [-0.3, -0.25) is 0 Å². The molecule has 0 saturated carbocycles. The molecule has 0 unspecified atom stereocenters. The first-order valence-corrected chi connectivity index (χ1v) is 5.14. The summed E-state index contributed by atoms with van der Waals surface area (Å²) in [7, 11) is 0. The molecule has 0 aliphatic heterocycles. The fraction of sp³-hybridized carbons (Fsp3) is 0. The van der Waals surface area contributed by atoms with Crippen LogP contribution in [0.1, 0.15) is 11.1 Å². The molecule has 1 N–H and O–H groups in total. The highest BCUT2D eigenvalue weighted by Crippen LogP contribution is 2.28. The number of phenols is 1. The predicted octanol–water partition coefficient (Wildman–Crippen LogP) is 2.93. The summed E-state index contributed by atoms with van der Waals surface area (Å²) in [6.07, 6.45) is 0. The molecule has 0 heterocycles. The molecule has 0 bridgehead atoms. The Kier molecular flexibility index (Phi) is 3.13. The molecule has 0 aromatic heterocycles. The van der Waals surface area contributed by atoms with E-state index in [-0.39, 0.29) is 16.9 Å². The van der Waals surface area contributed by atoms with Gasteiger partial charge in [-0.1, -0.05) is 12.1 Å². The lowest BCUT2D eigenvalue weighted by molar-refractivity contribution is 0.454. The zero-order valence-corrected chi connectivity index (χ0v) is 9.29. The summed E-state index contributed by atoms with van der Waals surface area (Å²) in [5, 5.41) is 27.2. The number of phenolic OH excluding ortho intramolecular Hbond substituents is 1. The van der Waals surface area contributed by atoms with Gasteiger partial charge >= 0.3 is 0 Å². The molecule has 4 heteroatoms.